The summed E-state index contributed by atoms with van der Waals surface area (Å²) in [4.78, 5) is 18.2. The van der Waals surface area contributed by atoms with E-state index in [0.717, 1.165) is 27.9 Å². The van der Waals surface area contributed by atoms with Gasteiger partial charge in [0.1, 0.15) is 19.0 Å². The lowest BCUT2D eigenvalue weighted by Gasteiger charge is -2.12. The molecule has 0 aliphatic heterocycles. The largest absolute Gasteiger partial charge is 0.493 e. The second-order valence-corrected chi connectivity index (χ2v) is 8.57. The predicted molar refractivity (Wildman–Crippen MR) is 131 cm³/mol. The Hall–Kier alpha value is -3.84. The standard InChI is InChI=1S/C26H22N2O4S/c1-17-6-5-7-19(14-17)31-12-13-32-22-11-10-18(15-23(22)30-2)16-24-25(29)28-21-9-4-3-8-20(21)27-26(28)33-24/h3-11,14-16H,12-13H2,1-2H3/b24-16-. The molecule has 2 heterocycles. The molecular formula is C26H22N2O4S. The number of imidazole rings is 1. The van der Waals surface area contributed by atoms with Crippen LogP contribution < -0.4 is 24.3 Å². The van der Waals surface area contributed by atoms with Gasteiger partial charge in [-0.3, -0.25) is 4.79 Å². The molecule has 0 amide bonds. The number of thiazole rings is 1. The van der Waals surface area contributed by atoms with E-state index >= 15 is 0 Å². The van der Waals surface area contributed by atoms with Crippen molar-refractivity contribution in [1.82, 2.24) is 9.38 Å². The van der Waals surface area contributed by atoms with Gasteiger partial charge in [0.2, 0.25) is 0 Å². The van der Waals surface area contributed by atoms with E-state index in [-0.39, 0.29) is 5.56 Å². The summed E-state index contributed by atoms with van der Waals surface area (Å²) in [6.07, 6.45) is 1.85. The summed E-state index contributed by atoms with van der Waals surface area (Å²) < 4.78 is 19.4. The molecule has 0 radical (unpaired) electrons. The Kier molecular flexibility index (Phi) is 5.71. The summed E-state index contributed by atoms with van der Waals surface area (Å²) in [5.41, 5.74) is 3.57. The maximum Gasteiger partial charge on any atom is 0.274 e. The third kappa shape index (κ3) is 4.27. The number of ether oxygens (including phenoxy) is 3. The van der Waals surface area contributed by atoms with E-state index in [9.17, 15) is 4.79 Å². The lowest BCUT2D eigenvalue weighted by Crippen LogP contribution is -2.22. The van der Waals surface area contributed by atoms with Crippen molar-refractivity contribution in [2.75, 3.05) is 20.3 Å². The number of aromatic nitrogens is 2. The number of hydrogen-bond donors (Lipinski definition) is 0. The van der Waals surface area contributed by atoms with Gasteiger partial charge in [-0.1, -0.05) is 41.7 Å². The number of aryl methyl sites for hydroxylation is 1. The van der Waals surface area contributed by atoms with Crippen LogP contribution in [-0.2, 0) is 0 Å². The molecule has 2 aromatic heterocycles. The van der Waals surface area contributed by atoms with Crippen molar-refractivity contribution in [3.63, 3.8) is 0 Å². The van der Waals surface area contributed by atoms with Crippen molar-refractivity contribution in [2.45, 2.75) is 6.92 Å². The first-order valence-corrected chi connectivity index (χ1v) is 11.4. The Balaban J connectivity index is 1.34. The first kappa shape index (κ1) is 21.0. The lowest BCUT2D eigenvalue weighted by atomic mass is 10.2. The minimum absolute atomic E-state index is 0.0729. The highest BCUT2D eigenvalue weighted by Gasteiger charge is 2.11. The van der Waals surface area contributed by atoms with Crippen molar-refractivity contribution < 1.29 is 14.2 Å². The minimum Gasteiger partial charge on any atom is -0.493 e. The van der Waals surface area contributed by atoms with Crippen molar-refractivity contribution in [3.8, 4) is 17.2 Å². The number of fused-ring (bicyclic) bond motifs is 3. The molecule has 166 valence electrons. The molecule has 7 heteroatoms. The van der Waals surface area contributed by atoms with E-state index in [2.05, 4.69) is 4.98 Å². The van der Waals surface area contributed by atoms with Crippen LogP contribution in [0.2, 0.25) is 0 Å². The van der Waals surface area contributed by atoms with Gasteiger partial charge in [-0.05, 0) is 60.5 Å². The molecule has 3 aromatic carbocycles. The van der Waals surface area contributed by atoms with Gasteiger partial charge in [-0.25, -0.2) is 9.38 Å². The number of benzene rings is 3. The van der Waals surface area contributed by atoms with Gasteiger partial charge in [-0.2, -0.15) is 0 Å². The number of rotatable bonds is 7. The molecule has 5 rings (SSSR count). The molecule has 33 heavy (non-hydrogen) atoms. The van der Waals surface area contributed by atoms with Crippen molar-refractivity contribution >= 4 is 33.4 Å². The summed E-state index contributed by atoms with van der Waals surface area (Å²) in [6.45, 7) is 2.83. The van der Waals surface area contributed by atoms with E-state index in [1.807, 2.05) is 79.7 Å². The maximum atomic E-state index is 13.0. The average Bonchev–Trinajstić information content (AvgIpc) is 3.33. The zero-order valence-corrected chi connectivity index (χ0v) is 19.1. The second kappa shape index (κ2) is 8.96. The number of methoxy groups -OCH3 is 1. The van der Waals surface area contributed by atoms with Gasteiger partial charge < -0.3 is 14.2 Å². The highest BCUT2D eigenvalue weighted by molar-refractivity contribution is 7.15. The summed E-state index contributed by atoms with van der Waals surface area (Å²) in [5.74, 6) is 2.04. The Bertz CT molecular complexity index is 1550. The SMILES string of the molecule is COc1cc(/C=c2\sc3nc4ccccc4n3c2=O)ccc1OCCOc1cccc(C)c1. The predicted octanol–water partition coefficient (Wildman–Crippen LogP) is 4.23. The van der Waals surface area contributed by atoms with Gasteiger partial charge in [0.15, 0.2) is 16.5 Å². The quantitative estimate of drug-likeness (QED) is 0.342. The average molecular weight is 459 g/mol. The van der Waals surface area contributed by atoms with Crippen LogP contribution in [0, 0.1) is 6.92 Å². The first-order chi connectivity index (χ1) is 16.1. The van der Waals surface area contributed by atoms with Crippen LogP contribution in [0.1, 0.15) is 11.1 Å². The van der Waals surface area contributed by atoms with E-state index < -0.39 is 0 Å². The Labute approximate surface area is 194 Å². The van der Waals surface area contributed by atoms with Crippen molar-refractivity contribution in [1.29, 1.82) is 0 Å². The van der Waals surface area contributed by atoms with E-state index in [4.69, 9.17) is 14.2 Å². The molecule has 0 spiro atoms. The topological polar surface area (TPSA) is 62.1 Å². The molecule has 0 atom stereocenters. The summed E-state index contributed by atoms with van der Waals surface area (Å²) in [6, 6.07) is 21.1. The zero-order valence-electron chi connectivity index (χ0n) is 18.3. The summed E-state index contributed by atoms with van der Waals surface area (Å²) >= 11 is 1.37. The van der Waals surface area contributed by atoms with E-state index in [0.29, 0.717) is 34.2 Å². The van der Waals surface area contributed by atoms with E-state index in [1.165, 1.54) is 11.3 Å². The maximum absolute atomic E-state index is 13.0. The fraction of sp³-hybridized carbons (Fsp3) is 0.154. The second-order valence-electron chi connectivity index (χ2n) is 7.56. The molecular weight excluding hydrogens is 436 g/mol. The van der Waals surface area contributed by atoms with Crippen molar-refractivity contribution in [2.24, 2.45) is 0 Å². The smallest absolute Gasteiger partial charge is 0.274 e. The Morgan fingerprint density at radius 3 is 2.67 bits per heavy atom. The molecule has 0 saturated carbocycles. The Morgan fingerprint density at radius 1 is 0.970 bits per heavy atom. The van der Waals surface area contributed by atoms with Crippen LogP contribution in [-0.4, -0.2) is 29.7 Å². The van der Waals surface area contributed by atoms with Gasteiger partial charge in [0.05, 0.1) is 22.7 Å². The van der Waals surface area contributed by atoms with E-state index in [1.54, 1.807) is 11.5 Å². The van der Waals surface area contributed by atoms with Crippen LogP contribution in [0.3, 0.4) is 0 Å². The first-order valence-electron chi connectivity index (χ1n) is 10.5. The highest BCUT2D eigenvalue weighted by Crippen LogP contribution is 2.28. The van der Waals surface area contributed by atoms with Crippen molar-refractivity contribution in [3.05, 3.63) is 92.7 Å². The third-order valence-corrected chi connectivity index (χ3v) is 6.20. The fourth-order valence-electron chi connectivity index (χ4n) is 3.67. The van der Waals surface area contributed by atoms with Crippen LogP contribution in [0.25, 0.3) is 22.1 Å². The van der Waals surface area contributed by atoms with Gasteiger partial charge in [0, 0.05) is 0 Å². The summed E-state index contributed by atoms with van der Waals surface area (Å²) in [5, 5.41) is 0. The molecule has 6 nitrogen and oxygen atoms in total. The molecule has 0 aliphatic carbocycles. The molecule has 0 unspecified atom stereocenters. The van der Waals surface area contributed by atoms with Crippen LogP contribution in [0.15, 0.2) is 71.5 Å². The minimum atomic E-state index is -0.0729. The lowest BCUT2D eigenvalue weighted by molar-refractivity contribution is 0.211. The zero-order chi connectivity index (χ0) is 22.8. The van der Waals surface area contributed by atoms with Gasteiger partial charge in [-0.15, -0.1) is 0 Å². The molecule has 0 bridgehead atoms. The van der Waals surface area contributed by atoms with Crippen LogP contribution in [0.4, 0.5) is 0 Å². The molecule has 0 aliphatic rings. The highest BCUT2D eigenvalue weighted by atomic mass is 32.1. The van der Waals surface area contributed by atoms with Crippen LogP contribution >= 0.6 is 11.3 Å². The van der Waals surface area contributed by atoms with Gasteiger partial charge in [0.25, 0.3) is 5.56 Å². The molecule has 0 fully saturated rings. The normalized spacial score (nSPS) is 11.9. The Morgan fingerprint density at radius 2 is 1.82 bits per heavy atom. The molecule has 0 N–H and O–H groups in total. The number of nitrogens with zero attached hydrogens (tertiary/aromatic N) is 2. The fourth-order valence-corrected chi connectivity index (χ4v) is 4.66. The van der Waals surface area contributed by atoms with Crippen LogP contribution in [0.5, 0.6) is 17.2 Å². The number of para-hydroxylation sites is 2. The third-order valence-electron chi connectivity index (χ3n) is 5.23. The number of hydrogen-bond acceptors (Lipinski definition) is 6. The summed E-state index contributed by atoms with van der Waals surface area (Å²) in [7, 11) is 1.60. The van der Waals surface area contributed by atoms with Gasteiger partial charge >= 0.3 is 0 Å². The molecule has 0 saturated heterocycles. The molecule has 5 aromatic rings. The monoisotopic (exact) mass is 458 g/mol.